The van der Waals surface area contributed by atoms with Crippen LogP contribution in [0.15, 0.2) is 18.2 Å². The Morgan fingerprint density at radius 1 is 1.25 bits per heavy atom. The first-order chi connectivity index (χ1) is 9.63. The molecule has 1 aromatic rings. The van der Waals surface area contributed by atoms with E-state index in [1.165, 1.54) is 36.8 Å². The number of benzene rings is 1. The first-order valence-electron chi connectivity index (χ1n) is 7.56. The van der Waals surface area contributed by atoms with Crippen molar-refractivity contribution >= 4 is 0 Å². The largest absolute Gasteiger partial charge is 0.496 e. The number of aryl methyl sites for hydroxylation is 1. The predicted octanol–water partition coefficient (Wildman–Crippen LogP) is 2.79. The minimum atomic E-state index is 0.151. The maximum absolute atomic E-state index is 6.15. The highest BCUT2D eigenvalue weighted by atomic mass is 16.5. The van der Waals surface area contributed by atoms with Gasteiger partial charge in [0.25, 0.3) is 0 Å². The summed E-state index contributed by atoms with van der Waals surface area (Å²) < 4.78 is 11.0. The molecule has 110 valence electrons. The van der Waals surface area contributed by atoms with Gasteiger partial charge >= 0.3 is 0 Å². The number of hydrogen-bond donors (Lipinski definition) is 1. The maximum atomic E-state index is 6.15. The second-order valence-electron chi connectivity index (χ2n) is 6.63. The van der Waals surface area contributed by atoms with Gasteiger partial charge in [-0.1, -0.05) is 12.1 Å². The molecule has 2 aliphatic rings. The summed E-state index contributed by atoms with van der Waals surface area (Å²) in [5.74, 6) is 0.975. The second-order valence-corrected chi connectivity index (χ2v) is 6.63. The third-order valence-electron chi connectivity index (χ3n) is 5.39. The molecular weight excluding hydrogens is 250 g/mol. The average molecular weight is 275 g/mol. The summed E-state index contributed by atoms with van der Waals surface area (Å²) >= 11 is 0. The van der Waals surface area contributed by atoms with Crippen molar-refractivity contribution in [1.29, 1.82) is 0 Å². The van der Waals surface area contributed by atoms with Gasteiger partial charge in [-0.2, -0.15) is 0 Å². The fourth-order valence-corrected chi connectivity index (χ4v) is 4.16. The average Bonchev–Trinajstić information content (AvgIpc) is 2.46. The maximum Gasteiger partial charge on any atom is 0.122 e. The zero-order chi connectivity index (χ0) is 14.2. The van der Waals surface area contributed by atoms with Crippen molar-refractivity contribution in [2.75, 3.05) is 26.9 Å². The zero-order valence-corrected chi connectivity index (χ0v) is 12.6. The Kier molecular flexibility index (Phi) is 3.51. The van der Waals surface area contributed by atoms with Crippen LogP contribution in [0.25, 0.3) is 0 Å². The minimum Gasteiger partial charge on any atom is -0.496 e. The molecule has 0 amide bonds. The summed E-state index contributed by atoms with van der Waals surface area (Å²) in [6.07, 6.45) is 4.79. The molecule has 2 fully saturated rings. The lowest BCUT2D eigenvalue weighted by Gasteiger charge is -2.58. The molecule has 3 rings (SSSR count). The standard InChI is InChI=1S/C17H25NO2/c1-13-3-4-14(9-15(13)19-2)17(12-18)10-16(11-17)5-7-20-8-6-16/h3-4,9H,5-8,10-12,18H2,1-2H3. The molecule has 3 heteroatoms. The van der Waals surface area contributed by atoms with Crippen molar-refractivity contribution in [3.8, 4) is 5.75 Å². The van der Waals surface area contributed by atoms with E-state index in [1.807, 2.05) is 0 Å². The van der Waals surface area contributed by atoms with Crippen LogP contribution in [0.3, 0.4) is 0 Å². The van der Waals surface area contributed by atoms with E-state index in [2.05, 4.69) is 25.1 Å². The highest BCUT2D eigenvalue weighted by Crippen LogP contribution is 2.60. The lowest BCUT2D eigenvalue weighted by atomic mass is 9.48. The lowest BCUT2D eigenvalue weighted by Crippen LogP contribution is -2.55. The SMILES string of the molecule is COc1cc(C2(CN)CC3(CCOCC3)C2)ccc1C. The molecule has 2 N–H and O–H groups in total. The molecule has 1 saturated heterocycles. The van der Waals surface area contributed by atoms with Crippen LogP contribution in [0, 0.1) is 12.3 Å². The fraction of sp³-hybridized carbons (Fsp3) is 0.647. The summed E-state index contributed by atoms with van der Waals surface area (Å²) in [5.41, 5.74) is 9.31. The number of rotatable bonds is 3. The van der Waals surface area contributed by atoms with Crippen LogP contribution in [0.2, 0.25) is 0 Å². The molecule has 1 saturated carbocycles. The highest BCUT2D eigenvalue weighted by molar-refractivity contribution is 5.42. The molecule has 3 nitrogen and oxygen atoms in total. The van der Waals surface area contributed by atoms with Gasteiger partial charge in [0.05, 0.1) is 7.11 Å². The third-order valence-corrected chi connectivity index (χ3v) is 5.39. The molecule has 0 atom stereocenters. The van der Waals surface area contributed by atoms with E-state index < -0.39 is 0 Å². The van der Waals surface area contributed by atoms with E-state index in [-0.39, 0.29) is 5.41 Å². The molecule has 0 unspecified atom stereocenters. The van der Waals surface area contributed by atoms with E-state index in [0.29, 0.717) is 5.41 Å². The van der Waals surface area contributed by atoms with Crippen LogP contribution < -0.4 is 10.5 Å². The minimum absolute atomic E-state index is 0.151. The molecule has 1 spiro atoms. The topological polar surface area (TPSA) is 44.5 Å². The van der Waals surface area contributed by atoms with Gasteiger partial charge in [-0.05, 0) is 55.2 Å². The summed E-state index contributed by atoms with van der Waals surface area (Å²) in [7, 11) is 1.74. The van der Waals surface area contributed by atoms with Crippen LogP contribution in [-0.4, -0.2) is 26.9 Å². The summed E-state index contributed by atoms with van der Waals surface area (Å²) in [4.78, 5) is 0. The van der Waals surface area contributed by atoms with Crippen molar-refractivity contribution in [3.05, 3.63) is 29.3 Å². The van der Waals surface area contributed by atoms with E-state index in [4.69, 9.17) is 15.2 Å². The van der Waals surface area contributed by atoms with Crippen LogP contribution in [0.5, 0.6) is 5.75 Å². The quantitative estimate of drug-likeness (QED) is 0.922. The number of hydrogen-bond acceptors (Lipinski definition) is 3. The summed E-state index contributed by atoms with van der Waals surface area (Å²) in [6.45, 7) is 4.63. The van der Waals surface area contributed by atoms with Gasteiger partial charge in [-0.25, -0.2) is 0 Å². The van der Waals surface area contributed by atoms with E-state index in [9.17, 15) is 0 Å². The Morgan fingerprint density at radius 3 is 2.55 bits per heavy atom. The van der Waals surface area contributed by atoms with Crippen LogP contribution in [0.4, 0.5) is 0 Å². The van der Waals surface area contributed by atoms with E-state index in [0.717, 1.165) is 25.5 Å². The van der Waals surface area contributed by atoms with Gasteiger partial charge in [0.15, 0.2) is 0 Å². The van der Waals surface area contributed by atoms with Gasteiger partial charge in [-0.15, -0.1) is 0 Å². The summed E-state index contributed by atoms with van der Waals surface area (Å²) in [5, 5.41) is 0. The second kappa shape index (κ2) is 5.05. The van der Waals surface area contributed by atoms with Crippen molar-refractivity contribution < 1.29 is 9.47 Å². The Morgan fingerprint density at radius 2 is 1.95 bits per heavy atom. The Bertz CT molecular complexity index is 484. The Labute approximate surface area is 121 Å². The van der Waals surface area contributed by atoms with Gasteiger partial charge < -0.3 is 15.2 Å². The molecule has 0 aromatic heterocycles. The van der Waals surface area contributed by atoms with Crippen molar-refractivity contribution in [3.63, 3.8) is 0 Å². The van der Waals surface area contributed by atoms with Gasteiger partial charge in [0.1, 0.15) is 5.75 Å². The van der Waals surface area contributed by atoms with Crippen LogP contribution in [0.1, 0.15) is 36.8 Å². The number of methoxy groups -OCH3 is 1. The van der Waals surface area contributed by atoms with Crippen molar-refractivity contribution in [2.45, 2.75) is 38.0 Å². The number of ether oxygens (including phenoxy) is 2. The fourth-order valence-electron chi connectivity index (χ4n) is 4.16. The normalized spacial score (nSPS) is 23.4. The molecular formula is C17H25NO2. The van der Waals surface area contributed by atoms with E-state index in [1.54, 1.807) is 7.11 Å². The molecule has 0 radical (unpaired) electrons. The van der Waals surface area contributed by atoms with Gasteiger partial charge in [-0.3, -0.25) is 0 Å². The monoisotopic (exact) mass is 275 g/mol. The lowest BCUT2D eigenvalue weighted by molar-refractivity contribution is -0.0715. The molecule has 20 heavy (non-hydrogen) atoms. The van der Waals surface area contributed by atoms with Gasteiger partial charge in [0.2, 0.25) is 0 Å². The molecule has 1 aromatic carbocycles. The van der Waals surface area contributed by atoms with Crippen LogP contribution >= 0.6 is 0 Å². The van der Waals surface area contributed by atoms with Crippen molar-refractivity contribution in [2.24, 2.45) is 11.1 Å². The molecule has 1 aliphatic carbocycles. The smallest absolute Gasteiger partial charge is 0.122 e. The zero-order valence-electron chi connectivity index (χ0n) is 12.6. The van der Waals surface area contributed by atoms with Gasteiger partial charge in [0, 0.05) is 25.2 Å². The summed E-state index contributed by atoms with van der Waals surface area (Å²) in [6, 6.07) is 6.58. The molecule has 1 heterocycles. The Balaban J connectivity index is 1.84. The van der Waals surface area contributed by atoms with Crippen molar-refractivity contribution in [1.82, 2.24) is 0 Å². The Hall–Kier alpha value is -1.06. The van der Waals surface area contributed by atoms with Crippen LogP contribution in [-0.2, 0) is 10.2 Å². The first-order valence-corrected chi connectivity index (χ1v) is 7.56. The molecule has 0 bridgehead atoms. The molecule has 1 aliphatic heterocycles. The van der Waals surface area contributed by atoms with E-state index >= 15 is 0 Å². The first kappa shape index (κ1) is 13.9. The third kappa shape index (κ3) is 2.13. The number of nitrogens with two attached hydrogens (primary N) is 1. The predicted molar refractivity (Wildman–Crippen MR) is 80.2 cm³/mol. The highest BCUT2D eigenvalue weighted by Gasteiger charge is 2.54.